The van der Waals surface area contributed by atoms with Crippen LogP contribution in [0.25, 0.3) is 0 Å². The van der Waals surface area contributed by atoms with Gasteiger partial charge in [-0.05, 0) is 30.9 Å². The topological polar surface area (TPSA) is 84.6 Å². The van der Waals surface area contributed by atoms with E-state index in [1.165, 1.54) is 12.7 Å². The number of carbonyl (C=O) groups is 1. The number of guanidine groups is 1. The van der Waals surface area contributed by atoms with Crippen LogP contribution in [0.1, 0.15) is 30.9 Å². The summed E-state index contributed by atoms with van der Waals surface area (Å²) in [6, 6.07) is 8.36. The molecule has 0 saturated carbocycles. The second-order valence-electron chi connectivity index (χ2n) is 6.87. The van der Waals surface area contributed by atoms with Crippen LogP contribution in [0.2, 0.25) is 0 Å². The number of aromatic nitrogens is 3. The standard InChI is InChI=1S/C20H28N6O2/c1-3-22-20(25-9-7-18(8-10-25)19(27)28-2)23-12-16-5-4-6-17(11-16)13-26-15-21-14-24-26/h4-6,11,14-15,18H,3,7-10,12-13H2,1-2H3,(H,22,23). The molecule has 0 atom stereocenters. The number of esters is 1. The zero-order valence-corrected chi connectivity index (χ0v) is 16.5. The monoisotopic (exact) mass is 384 g/mol. The minimum absolute atomic E-state index is 0.00223. The molecule has 8 nitrogen and oxygen atoms in total. The molecular formula is C20H28N6O2. The molecule has 1 fully saturated rings. The highest BCUT2D eigenvalue weighted by Gasteiger charge is 2.26. The van der Waals surface area contributed by atoms with Gasteiger partial charge in [-0.15, -0.1) is 0 Å². The highest BCUT2D eigenvalue weighted by molar-refractivity contribution is 5.80. The van der Waals surface area contributed by atoms with E-state index in [9.17, 15) is 4.79 Å². The Labute approximate surface area is 165 Å². The molecule has 3 rings (SSSR count). The molecule has 1 aliphatic rings. The number of likely N-dealkylation sites (tertiary alicyclic amines) is 1. The normalized spacial score (nSPS) is 15.5. The number of nitrogens with zero attached hydrogens (tertiary/aromatic N) is 5. The van der Waals surface area contributed by atoms with Crippen molar-refractivity contribution in [3.05, 3.63) is 48.0 Å². The van der Waals surface area contributed by atoms with Gasteiger partial charge in [-0.1, -0.05) is 24.3 Å². The number of hydrogen-bond acceptors (Lipinski definition) is 5. The fourth-order valence-electron chi connectivity index (χ4n) is 3.41. The van der Waals surface area contributed by atoms with E-state index in [1.54, 1.807) is 17.3 Å². The first-order valence-electron chi connectivity index (χ1n) is 9.71. The lowest BCUT2D eigenvalue weighted by molar-refractivity contribution is -0.146. The van der Waals surface area contributed by atoms with E-state index in [0.29, 0.717) is 13.1 Å². The lowest BCUT2D eigenvalue weighted by Crippen LogP contribution is -2.46. The number of rotatable bonds is 6. The van der Waals surface area contributed by atoms with Crippen LogP contribution in [-0.4, -0.2) is 58.3 Å². The van der Waals surface area contributed by atoms with Crippen molar-refractivity contribution in [2.45, 2.75) is 32.9 Å². The predicted octanol–water partition coefficient (Wildman–Crippen LogP) is 1.68. The largest absolute Gasteiger partial charge is 0.469 e. The Morgan fingerprint density at radius 3 is 2.79 bits per heavy atom. The molecule has 1 aromatic heterocycles. The second kappa shape index (κ2) is 9.87. The van der Waals surface area contributed by atoms with Gasteiger partial charge in [0.15, 0.2) is 5.96 Å². The molecule has 0 spiro atoms. The number of carbonyl (C=O) groups excluding carboxylic acids is 1. The van der Waals surface area contributed by atoms with Crippen LogP contribution in [0, 0.1) is 5.92 Å². The molecule has 1 aliphatic heterocycles. The van der Waals surface area contributed by atoms with Gasteiger partial charge in [0.05, 0.1) is 26.1 Å². The average Bonchev–Trinajstić information content (AvgIpc) is 3.24. The maximum absolute atomic E-state index is 11.7. The maximum Gasteiger partial charge on any atom is 0.308 e. The van der Waals surface area contributed by atoms with Crippen molar-refractivity contribution < 1.29 is 9.53 Å². The van der Waals surface area contributed by atoms with Gasteiger partial charge in [-0.3, -0.25) is 4.79 Å². The van der Waals surface area contributed by atoms with E-state index >= 15 is 0 Å². The van der Waals surface area contributed by atoms with Crippen molar-refractivity contribution in [3.63, 3.8) is 0 Å². The number of ether oxygens (including phenoxy) is 1. The fraction of sp³-hybridized carbons (Fsp3) is 0.500. The molecule has 2 aromatic rings. The third-order valence-electron chi connectivity index (χ3n) is 4.88. The Balaban J connectivity index is 1.62. The van der Waals surface area contributed by atoms with E-state index in [2.05, 4.69) is 45.4 Å². The average molecular weight is 384 g/mol. The molecule has 1 aromatic carbocycles. The fourth-order valence-corrected chi connectivity index (χ4v) is 3.41. The van der Waals surface area contributed by atoms with Crippen LogP contribution >= 0.6 is 0 Å². The van der Waals surface area contributed by atoms with Crippen molar-refractivity contribution in [2.75, 3.05) is 26.7 Å². The number of nitrogens with one attached hydrogen (secondary N) is 1. The van der Waals surface area contributed by atoms with Gasteiger partial charge in [-0.25, -0.2) is 14.7 Å². The highest BCUT2D eigenvalue weighted by atomic mass is 16.5. The molecule has 28 heavy (non-hydrogen) atoms. The molecule has 0 aliphatic carbocycles. The lowest BCUT2D eigenvalue weighted by Gasteiger charge is -2.33. The van der Waals surface area contributed by atoms with Crippen molar-refractivity contribution in [2.24, 2.45) is 10.9 Å². The molecule has 2 heterocycles. The summed E-state index contributed by atoms with van der Waals surface area (Å²) in [5.41, 5.74) is 2.32. The van der Waals surface area contributed by atoms with Crippen molar-refractivity contribution in [1.82, 2.24) is 25.0 Å². The smallest absolute Gasteiger partial charge is 0.308 e. The Bertz CT molecular complexity index is 782. The van der Waals surface area contributed by atoms with Crippen LogP contribution in [0.15, 0.2) is 41.9 Å². The van der Waals surface area contributed by atoms with E-state index < -0.39 is 0 Å². The number of piperidine rings is 1. The van der Waals surface area contributed by atoms with Crippen molar-refractivity contribution >= 4 is 11.9 Å². The van der Waals surface area contributed by atoms with Crippen LogP contribution in [-0.2, 0) is 22.6 Å². The summed E-state index contributed by atoms with van der Waals surface area (Å²) in [6.07, 6.45) is 4.85. The SMILES string of the molecule is CCNC(=NCc1cccc(Cn2cncn2)c1)N1CCC(C(=O)OC)CC1. The van der Waals surface area contributed by atoms with Gasteiger partial charge in [0.1, 0.15) is 12.7 Å². The van der Waals surface area contributed by atoms with Crippen LogP contribution in [0.4, 0.5) is 0 Å². The molecule has 1 N–H and O–H groups in total. The number of methoxy groups -OCH3 is 1. The minimum Gasteiger partial charge on any atom is -0.469 e. The molecule has 1 saturated heterocycles. The zero-order chi connectivity index (χ0) is 19.8. The van der Waals surface area contributed by atoms with Gasteiger partial charge >= 0.3 is 5.97 Å². The summed E-state index contributed by atoms with van der Waals surface area (Å²) in [5.74, 6) is 0.788. The highest BCUT2D eigenvalue weighted by Crippen LogP contribution is 2.18. The Morgan fingerprint density at radius 1 is 1.32 bits per heavy atom. The first-order chi connectivity index (χ1) is 13.7. The number of hydrogen-bond donors (Lipinski definition) is 1. The molecule has 0 amide bonds. The van der Waals surface area contributed by atoms with E-state index in [-0.39, 0.29) is 11.9 Å². The predicted molar refractivity (Wildman–Crippen MR) is 107 cm³/mol. The zero-order valence-electron chi connectivity index (χ0n) is 16.5. The van der Waals surface area contributed by atoms with Gasteiger partial charge in [0, 0.05) is 19.6 Å². The first-order valence-corrected chi connectivity index (χ1v) is 9.71. The van der Waals surface area contributed by atoms with Crippen molar-refractivity contribution in [1.29, 1.82) is 0 Å². The van der Waals surface area contributed by atoms with Crippen molar-refractivity contribution in [3.8, 4) is 0 Å². The third-order valence-corrected chi connectivity index (χ3v) is 4.88. The van der Waals surface area contributed by atoms with Gasteiger partial charge in [0.25, 0.3) is 0 Å². The molecule has 150 valence electrons. The summed E-state index contributed by atoms with van der Waals surface area (Å²) in [7, 11) is 1.46. The van der Waals surface area contributed by atoms with Gasteiger partial charge in [-0.2, -0.15) is 5.10 Å². The summed E-state index contributed by atoms with van der Waals surface area (Å²) in [4.78, 5) is 22.8. The molecule has 0 bridgehead atoms. The summed E-state index contributed by atoms with van der Waals surface area (Å²) in [5, 5.41) is 7.52. The third kappa shape index (κ3) is 5.31. The van der Waals surface area contributed by atoms with Gasteiger partial charge in [0.2, 0.25) is 0 Å². The number of benzene rings is 1. The Hall–Kier alpha value is -2.90. The van der Waals surface area contributed by atoms with Crippen LogP contribution in [0.5, 0.6) is 0 Å². The molecule has 0 unspecified atom stereocenters. The quantitative estimate of drug-likeness (QED) is 0.463. The minimum atomic E-state index is -0.106. The van der Waals surface area contributed by atoms with E-state index in [0.717, 1.165) is 44.0 Å². The van der Waals surface area contributed by atoms with Crippen LogP contribution in [0.3, 0.4) is 0 Å². The summed E-state index contributed by atoms with van der Waals surface area (Å²) >= 11 is 0. The van der Waals surface area contributed by atoms with Gasteiger partial charge < -0.3 is 15.0 Å². The second-order valence-corrected chi connectivity index (χ2v) is 6.87. The Morgan fingerprint density at radius 2 is 2.11 bits per heavy atom. The number of aliphatic imine (C=N–C) groups is 1. The summed E-state index contributed by atoms with van der Waals surface area (Å²) < 4.78 is 6.68. The van der Waals surface area contributed by atoms with E-state index in [4.69, 9.17) is 9.73 Å². The molecular weight excluding hydrogens is 356 g/mol. The lowest BCUT2D eigenvalue weighted by atomic mass is 9.97. The van der Waals surface area contributed by atoms with E-state index in [1.807, 2.05) is 6.07 Å². The van der Waals surface area contributed by atoms with Crippen LogP contribution < -0.4 is 5.32 Å². The maximum atomic E-state index is 11.7. The Kier molecular flexibility index (Phi) is 7.00. The summed E-state index contributed by atoms with van der Waals surface area (Å²) in [6.45, 7) is 5.77. The first kappa shape index (κ1) is 19.9. The molecule has 8 heteroatoms. The molecule has 0 radical (unpaired) electrons.